The van der Waals surface area contributed by atoms with Crippen LogP contribution in [0.15, 0.2) is 27.6 Å². The average molecular weight is 336 g/mol. The van der Waals surface area contributed by atoms with Crippen LogP contribution in [0, 0.1) is 0 Å². The number of hydrogen-bond donors (Lipinski definition) is 0. The van der Waals surface area contributed by atoms with E-state index in [-0.39, 0.29) is 18.2 Å². The Kier molecular flexibility index (Phi) is 5.75. The number of thioether (sulfide) groups is 1. The van der Waals surface area contributed by atoms with Crippen LogP contribution in [0.2, 0.25) is 0 Å². The molecule has 0 atom stereocenters. The van der Waals surface area contributed by atoms with Crippen molar-refractivity contribution in [3.8, 4) is 5.75 Å². The van der Waals surface area contributed by atoms with Crippen LogP contribution in [0.25, 0.3) is 0 Å². The van der Waals surface area contributed by atoms with E-state index in [9.17, 15) is 9.59 Å². The molecular formula is C15H16N2O5S. The van der Waals surface area contributed by atoms with Crippen LogP contribution in [0.4, 0.5) is 0 Å². The fraction of sp³-hybridized carbons (Fsp3) is 0.333. The van der Waals surface area contributed by atoms with Crippen LogP contribution in [-0.4, -0.2) is 35.6 Å². The Morgan fingerprint density at radius 1 is 1.35 bits per heavy atom. The molecule has 2 rings (SSSR count). The number of ether oxygens (including phenoxy) is 2. The Balaban J connectivity index is 2.06. The molecule has 0 aliphatic carbocycles. The molecule has 122 valence electrons. The summed E-state index contributed by atoms with van der Waals surface area (Å²) in [6.45, 7) is 3.44. The first kappa shape index (κ1) is 17.0. The lowest BCUT2D eigenvalue weighted by atomic mass is 10.1. The molecule has 0 saturated carbocycles. The minimum Gasteiger partial charge on any atom is -0.496 e. The fourth-order valence-electron chi connectivity index (χ4n) is 1.74. The van der Waals surface area contributed by atoms with Gasteiger partial charge in [-0.1, -0.05) is 6.07 Å². The summed E-state index contributed by atoms with van der Waals surface area (Å²) < 4.78 is 15.1. The molecule has 1 heterocycles. The summed E-state index contributed by atoms with van der Waals surface area (Å²) >= 11 is 1.40. The molecule has 0 aliphatic rings. The molecule has 0 unspecified atom stereocenters. The lowest BCUT2D eigenvalue weighted by Crippen LogP contribution is -2.06. The van der Waals surface area contributed by atoms with E-state index in [4.69, 9.17) is 14.0 Å². The van der Waals surface area contributed by atoms with Gasteiger partial charge in [0, 0.05) is 10.5 Å². The summed E-state index contributed by atoms with van der Waals surface area (Å²) in [4.78, 5) is 27.7. The molecule has 0 saturated heterocycles. The summed E-state index contributed by atoms with van der Waals surface area (Å²) in [6, 6.07) is 5.20. The van der Waals surface area contributed by atoms with E-state index < -0.39 is 5.97 Å². The van der Waals surface area contributed by atoms with Crippen molar-refractivity contribution in [1.82, 2.24) is 10.1 Å². The van der Waals surface area contributed by atoms with Crippen molar-refractivity contribution in [2.75, 3.05) is 13.7 Å². The largest absolute Gasteiger partial charge is 0.496 e. The summed E-state index contributed by atoms with van der Waals surface area (Å²) in [5.74, 6) is 0.513. The molecule has 0 aliphatic heterocycles. The number of rotatable bonds is 7. The number of Topliss-reactive ketones (excluding diaryl/α,β-unsaturated/α-hetero) is 1. The van der Waals surface area contributed by atoms with Crippen LogP contribution in [-0.2, 0) is 10.5 Å². The molecule has 0 radical (unpaired) electrons. The van der Waals surface area contributed by atoms with Gasteiger partial charge in [-0.3, -0.25) is 4.79 Å². The van der Waals surface area contributed by atoms with Crippen molar-refractivity contribution >= 4 is 23.5 Å². The van der Waals surface area contributed by atoms with E-state index in [1.54, 1.807) is 25.1 Å². The molecule has 0 N–H and O–H groups in total. The van der Waals surface area contributed by atoms with E-state index in [1.165, 1.54) is 25.8 Å². The van der Waals surface area contributed by atoms with Gasteiger partial charge < -0.3 is 14.0 Å². The smallest absolute Gasteiger partial charge is 0.379 e. The van der Waals surface area contributed by atoms with E-state index in [2.05, 4.69) is 10.1 Å². The third-order valence-electron chi connectivity index (χ3n) is 2.85. The second-order valence-electron chi connectivity index (χ2n) is 4.44. The third-order valence-corrected chi connectivity index (χ3v) is 3.89. The van der Waals surface area contributed by atoms with Crippen LogP contribution in [0.3, 0.4) is 0 Å². The fourth-order valence-corrected chi connectivity index (χ4v) is 2.58. The van der Waals surface area contributed by atoms with Gasteiger partial charge in [-0.05, 0) is 31.1 Å². The zero-order valence-electron chi connectivity index (χ0n) is 13.0. The minimum atomic E-state index is -0.615. The quantitative estimate of drug-likeness (QED) is 0.433. The average Bonchev–Trinajstić information content (AvgIpc) is 3.02. The maximum absolute atomic E-state index is 11.5. The first-order valence-corrected chi connectivity index (χ1v) is 7.85. The second kappa shape index (κ2) is 7.77. The highest BCUT2D eigenvalue weighted by molar-refractivity contribution is 7.98. The zero-order chi connectivity index (χ0) is 16.8. The van der Waals surface area contributed by atoms with Gasteiger partial charge in [-0.25, -0.2) is 4.79 Å². The Hall–Kier alpha value is -2.35. The highest BCUT2D eigenvalue weighted by Gasteiger charge is 2.16. The van der Waals surface area contributed by atoms with Gasteiger partial charge in [-0.2, -0.15) is 4.98 Å². The number of hydrogen-bond acceptors (Lipinski definition) is 8. The number of esters is 1. The van der Waals surface area contributed by atoms with Gasteiger partial charge in [-0.15, -0.1) is 11.8 Å². The Morgan fingerprint density at radius 3 is 2.78 bits per heavy atom. The molecule has 8 heteroatoms. The predicted molar refractivity (Wildman–Crippen MR) is 82.8 cm³/mol. The predicted octanol–water partition coefficient (Wildman–Crippen LogP) is 2.75. The lowest BCUT2D eigenvalue weighted by Gasteiger charge is -2.08. The van der Waals surface area contributed by atoms with E-state index in [0.717, 1.165) is 4.90 Å². The Morgan fingerprint density at radius 2 is 2.13 bits per heavy atom. The summed E-state index contributed by atoms with van der Waals surface area (Å²) in [6.07, 6.45) is 0. The maximum Gasteiger partial charge on any atom is 0.379 e. The normalized spacial score (nSPS) is 10.4. The molecule has 2 aromatic rings. The lowest BCUT2D eigenvalue weighted by molar-refractivity contribution is 0.0508. The first-order chi connectivity index (χ1) is 11.0. The molecule has 23 heavy (non-hydrogen) atoms. The van der Waals surface area contributed by atoms with Crippen molar-refractivity contribution in [1.29, 1.82) is 0 Å². The van der Waals surface area contributed by atoms with Crippen molar-refractivity contribution in [3.63, 3.8) is 0 Å². The standard InChI is InChI=1S/C15H16N2O5S/c1-4-21-15(19)14-16-13(22-17-14)8-23-12-6-5-10(9(2)18)7-11(12)20-3/h5-7H,4,8H2,1-3H3. The zero-order valence-corrected chi connectivity index (χ0v) is 13.8. The van der Waals surface area contributed by atoms with Gasteiger partial charge in [0.2, 0.25) is 5.89 Å². The van der Waals surface area contributed by atoms with Gasteiger partial charge in [0.1, 0.15) is 5.75 Å². The van der Waals surface area contributed by atoms with E-state index >= 15 is 0 Å². The van der Waals surface area contributed by atoms with E-state index in [0.29, 0.717) is 23.0 Å². The molecular weight excluding hydrogens is 320 g/mol. The van der Waals surface area contributed by atoms with Gasteiger partial charge in [0.05, 0.1) is 19.5 Å². The van der Waals surface area contributed by atoms with Crippen molar-refractivity contribution in [2.24, 2.45) is 0 Å². The molecule has 0 bridgehead atoms. The highest BCUT2D eigenvalue weighted by Crippen LogP contribution is 2.32. The van der Waals surface area contributed by atoms with Crippen LogP contribution >= 0.6 is 11.8 Å². The van der Waals surface area contributed by atoms with E-state index in [1.807, 2.05) is 0 Å². The monoisotopic (exact) mass is 336 g/mol. The Labute approximate surface area is 137 Å². The molecule has 0 fully saturated rings. The number of ketones is 1. The SMILES string of the molecule is CCOC(=O)c1noc(CSc2ccc(C(C)=O)cc2OC)n1. The molecule has 7 nitrogen and oxygen atoms in total. The topological polar surface area (TPSA) is 91.5 Å². The number of methoxy groups -OCH3 is 1. The van der Waals surface area contributed by atoms with Crippen LogP contribution in [0.1, 0.15) is 40.7 Å². The minimum absolute atomic E-state index is 0.0316. The molecule has 1 aromatic carbocycles. The van der Waals surface area contributed by atoms with Gasteiger partial charge in [0.15, 0.2) is 5.78 Å². The number of benzene rings is 1. The molecule has 0 amide bonds. The summed E-state index contributed by atoms with van der Waals surface area (Å²) in [5, 5.41) is 3.58. The van der Waals surface area contributed by atoms with Gasteiger partial charge in [0.25, 0.3) is 5.82 Å². The van der Waals surface area contributed by atoms with Crippen LogP contribution < -0.4 is 4.74 Å². The van der Waals surface area contributed by atoms with Crippen LogP contribution in [0.5, 0.6) is 5.75 Å². The Bertz CT molecular complexity index is 714. The molecule has 1 aromatic heterocycles. The second-order valence-corrected chi connectivity index (χ2v) is 5.46. The number of carbonyl (C=O) groups is 2. The number of carbonyl (C=O) groups excluding carboxylic acids is 2. The van der Waals surface area contributed by atoms with Crippen molar-refractivity contribution in [2.45, 2.75) is 24.5 Å². The summed E-state index contributed by atoms with van der Waals surface area (Å²) in [7, 11) is 1.54. The maximum atomic E-state index is 11.5. The highest BCUT2D eigenvalue weighted by atomic mass is 32.2. The first-order valence-electron chi connectivity index (χ1n) is 6.86. The number of aromatic nitrogens is 2. The number of nitrogens with zero attached hydrogens (tertiary/aromatic N) is 2. The van der Waals surface area contributed by atoms with Crippen molar-refractivity contribution < 1.29 is 23.6 Å². The molecule has 0 spiro atoms. The van der Waals surface area contributed by atoms with Crippen molar-refractivity contribution in [3.05, 3.63) is 35.5 Å². The summed E-state index contributed by atoms with van der Waals surface area (Å²) in [5.41, 5.74) is 0.577. The third kappa shape index (κ3) is 4.32. The van der Waals surface area contributed by atoms with Gasteiger partial charge >= 0.3 is 5.97 Å².